The van der Waals surface area contributed by atoms with Crippen LogP contribution in [0.15, 0.2) is 126 Å². The van der Waals surface area contributed by atoms with Crippen LogP contribution in [0.3, 0.4) is 0 Å². The highest BCUT2D eigenvalue weighted by Gasteiger charge is 2.29. The summed E-state index contributed by atoms with van der Waals surface area (Å²) in [5.74, 6) is -0.950. The van der Waals surface area contributed by atoms with Crippen molar-refractivity contribution in [1.82, 2.24) is 20.3 Å². The number of sulfone groups is 1. The Kier molecular flexibility index (Phi) is 19.5. The van der Waals surface area contributed by atoms with Gasteiger partial charge in [-0.1, -0.05) is 130 Å². The molecule has 13 heteroatoms. The predicted octanol–water partition coefficient (Wildman–Crippen LogP) is 11.1. The number of carbonyl (C=O) groups excluding carboxylic acids is 4. The van der Waals surface area contributed by atoms with Gasteiger partial charge in [0.15, 0.2) is 15.6 Å². The molecule has 6 aromatic rings. The zero-order valence-corrected chi connectivity index (χ0v) is 40.9. The topological polar surface area (TPSA) is 160 Å². The number of carbonyl (C=O) groups is 4. The Balaban J connectivity index is 0.00000171. The van der Waals surface area contributed by atoms with Crippen LogP contribution in [0.2, 0.25) is 0 Å². The third kappa shape index (κ3) is 14.7. The van der Waals surface area contributed by atoms with Crippen molar-refractivity contribution in [2.75, 3.05) is 31.0 Å². The third-order valence-corrected chi connectivity index (χ3v) is 13.4. The summed E-state index contributed by atoms with van der Waals surface area (Å²) in [4.78, 5) is 57.1. The van der Waals surface area contributed by atoms with Crippen molar-refractivity contribution in [3.63, 3.8) is 0 Å². The van der Waals surface area contributed by atoms with Gasteiger partial charge in [-0.15, -0.1) is 0 Å². The normalized spacial score (nSPS) is 12.2. The molecule has 0 spiro atoms. The van der Waals surface area contributed by atoms with Crippen LogP contribution in [0.25, 0.3) is 22.5 Å². The van der Waals surface area contributed by atoms with Gasteiger partial charge in [0.1, 0.15) is 23.9 Å². The molecule has 2 heterocycles. The third-order valence-electron chi connectivity index (χ3n) is 11.6. The SMILES string of the molecule is C.CC(C)C.Cc1ccc(CCC(CS(=O)(=O)c2ccc(C)cc2)C(=O)c2ccc(C(=O)N(C)COCCCC(=O)CCCC(=O)N3Cc4ccccc4-c4n[nH]nc4-c4ccccc43)cc2)cc1. The molecule has 1 aromatic heterocycles. The van der Waals surface area contributed by atoms with E-state index in [2.05, 4.69) is 36.2 Å². The molecule has 0 saturated carbocycles. The van der Waals surface area contributed by atoms with Crippen LogP contribution in [-0.2, 0) is 37.1 Å². The number of rotatable bonds is 19. The predicted molar refractivity (Wildman–Crippen MR) is 274 cm³/mol. The van der Waals surface area contributed by atoms with Crippen LogP contribution in [0, 0.1) is 25.7 Å². The molecule has 5 aromatic carbocycles. The largest absolute Gasteiger partial charge is 0.361 e. The number of ether oxygens (including phenoxy) is 1. The lowest BCUT2D eigenvalue weighted by Gasteiger charge is -2.28. The molecule has 364 valence electrons. The van der Waals surface area contributed by atoms with Gasteiger partial charge in [-0.25, -0.2) is 8.42 Å². The number of aryl methyl sites for hydroxylation is 3. The van der Waals surface area contributed by atoms with Gasteiger partial charge in [-0.2, -0.15) is 15.4 Å². The fraction of sp³-hybridized carbons (Fsp3) is 0.357. The van der Waals surface area contributed by atoms with Crippen LogP contribution in [0.4, 0.5) is 5.69 Å². The average Bonchev–Trinajstić information content (AvgIpc) is 3.81. The number of aromatic amines is 1. The molecule has 0 aliphatic carbocycles. The standard InChI is InChI=1S/C51H53N5O7S.C4H10.CH4/c1-35-17-21-37(22-18-35)23-24-41(33-64(61,62)43-29-19-36(2)20-30-43)50(59)38-25-27-39(28-26-38)51(60)55(3)34-63-31-9-12-42(57)11-8-16-47(58)56-32-40-10-4-5-13-44(40)48-49(53-54-52-48)45-14-6-7-15-46(45)56;1-4(2)3;/h4-7,10,13-15,17-22,25-30,41H,8-9,11-12,16,23-24,31-34H2,1-3H3,(H,52,53,54);4H,1-3H3;1H4. The molecule has 69 heavy (non-hydrogen) atoms. The van der Waals surface area contributed by atoms with Crippen LogP contribution >= 0.6 is 0 Å². The highest BCUT2D eigenvalue weighted by molar-refractivity contribution is 7.91. The summed E-state index contributed by atoms with van der Waals surface area (Å²) in [5.41, 5.74) is 8.59. The molecule has 1 aliphatic rings. The molecule has 0 radical (unpaired) electrons. The Labute approximate surface area is 408 Å². The summed E-state index contributed by atoms with van der Waals surface area (Å²) < 4.78 is 32.7. The van der Waals surface area contributed by atoms with E-state index < -0.39 is 15.8 Å². The van der Waals surface area contributed by atoms with Crippen LogP contribution in [-0.4, -0.2) is 78.2 Å². The Bertz CT molecular complexity index is 2760. The van der Waals surface area contributed by atoms with Gasteiger partial charge in [-0.3, -0.25) is 19.2 Å². The molecule has 1 atom stereocenters. The molecule has 1 N–H and O–H groups in total. The molecular weight excluding hydrogens is 887 g/mol. The number of aromatic nitrogens is 3. The number of para-hydroxylation sites is 1. The van der Waals surface area contributed by atoms with Crippen molar-refractivity contribution in [1.29, 1.82) is 0 Å². The number of H-pyrrole nitrogens is 1. The number of nitrogens with one attached hydrogen (secondary N) is 1. The highest BCUT2D eigenvalue weighted by Crippen LogP contribution is 2.40. The highest BCUT2D eigenvalue weighted by atomic mass is 32.2. The van der Waals surface area contributed by atoms with Gasteiger partial charge in [0, 0.05) is 61.1 Å². The number of fused-ring (bicyclic) bond motifs is 5. The summed E-state index contributed by atoms with van der Waals surface area (Å²) in [6.45, 7) is 11.0. The molecule has 0 bridgehead atoms. The average molecular weight is 954 g/mol. The van der Waals surface area contributed by atoms with E-state index in [9.17, 15) is 27.6 Å². The minimum atomic E-state index is -3.76. The summed E-state index contributed by atoms with van der Waals surface area (Å²) in [6.07, 6.45) is 2.51. The summed E-state index contributed by atoms with van der Waals surface area (Å²) in [7, 11) is -2.15. The fourth-order valence-electron chi connectivity index (χ4n) is 7.94. The number of ketones is 2. The number of Topliss-reactive ketones (excluding diaryl/α,β-unsaturated/α-hetero) is 2. The van der Waals surface area contributed by atoms with Gasteiger partial charge in [-0.05, 0) is 86.9 Å². The van der Waals surface area contributed by atoms with Crippen LogP contribution in [0.5, 0.6) is 0 Å². The monoisotopic (exact) mass is 953 g/mol. The van der Waals surface area contributed by atoms with E-state index in [0.29, 0.717) is 49.0 Å². The van der Waals surface area contributed by atoms with E-state index in [1.54, 1.807) is 60.5 Å². The van der Waals surface area contributed by atoms with Gasteiger partial charge >= 0.3 is 0 Å². The number of nitrogens with zero attached hydrogens (tertiary/aromatic N) is 4. The van der Waals surface area contributed by atoms with E-state index in [0.717, 1.165) is 50.7 Å². The number of amides is 2. The summed E-state index contributed by atoms with van der Waals surface area (Å²) >= 11 is 0. The molecule has 0 fully saturated rings. The first-order valence-corrected chi connectivity index (χ1v) is 25.0. The lowest BCUT2D eigenvalue weighted by molar-refractivity contribution is -0.120. The van der Waals surface area contributed by atoms with Crippen molar-refractivity contribution in [3.8, 4) is 22.5 Å². The second kappa shape index (κ2) is 25.2. The lowest BCUT2D eigenvalue weighted by Crippen LogP contribution is -2.31. The van der Waals surface area contributed by atoms with Crippen LogP contribution < -0.4 is 4.90 Å². The molecular formula is C56H67N5O7S. The van der Waals surface area contributed by atoms with E-state index in [-0.39, 0.29) is 74.1 Å². The number of hydrogen-bond donors (Lipinski definition) is 1. The molecule has 7 rings (SSSR count). The van der Waals surface area contributed by atoms with Crippen molar-refractivity contribution >= 4 is 38.9 Å². The van der Waals surface area contributed by atoms with E-state index in [4.69, 9.17) is 4.74 Å². The fourth-order valence-corrected chi connectivity index (χ4v) is 9.53. The molecule has 0 saturated heterocycles. The van der Waals surface area contributed by atoms with E-state index in [1.165, 1.54) is 4.90 Å². The first kappa shape index (κ1) is 53.4. The number of benzene rings is 5. The van der Waals surface area contributed by atoms with Gasteiger partial charge in [0.05, 0.1) is 22.9 Å². The Morgan fingerprint density at radius 1 is 0.725 bits per heavy atom. The minimum absolute atomic E-state index is 0. The Morgan fingerprint density at radius 2 is 1.29 bits per heavy atom. The zero-order valence-electron chi connectivity index (χ0n) is 40.0. The second-order valence-corrected chi connectivity index (χ2v) is 20.2. The molecule has 1 aliphatic heterocycles. The maximum atomic E-state index is 13.9. The van der Waals surface area contributed by atoms with Gasteiger partial charge < -0.3 is 14.5 Å². The molecule has 2 amide bonds. The quantitative estimate of drug-likeness (QED) is 0.0473. The lowest BCUT2D eigenvalue weighted by atomic mass is 9.92. The van der Waals surface area contributed by atoms with Crippen LogP contribution in [0.1, 0.15) is 110 Å². The summed E-state index contributed by atoms with van der Waals surface area (Å²) in [6, 6.07) is 36.4. The van der Waals surface area contributed by atoms with Gasteiger partial charge in [0.2, 0.25) is 5.91 Å². The minimum Gasteiger partial charge on any atom is -0.361 e. The summed E-state index contributed by atoms with van der Waals surface area (Å²) in [5, 5.41) is 11.6. The van der Waals surface area contributed by atoms with E-state index in [1.807, 2.05) is 86.6 Å². The first-order valence-electron chi connectivity index (χ1n) is 23.3. The van der Waals surface area contributed by atoms with Crippen molar-refractivity contribution < 1.29 is 32.3 Å². The maximum Gasteiger partial charge on any atom is 0.255 e. The maximum absolute atomic E-state index is 13.9. The smallest absolute Gasteiger partial charge is 0.255 e. The number of hydrogen-bond acceptors (Lipinski definition) is 9. The molecule has 1 unspecified atom stereocenters. The molecule has 12 nitrogen and oxygen atoms in total. The Hall–Kier alpha value is -6.57. The zero-order chi connectivity index (χ0) is 48.8. The van der Waals surface area contributed by atoms with E-state index >= 15 is 0 Å². The van der Waals surface area contributed by atoms with Crippen molar-refractivity contribution in [2.45, 2.75) is 98.4 Å². The Morgan fingerprint density at radius 3 is 1.96 bits per heavy atom. The van der Waals surface area contributed by atoms with Gasteiger partial charge in [0.25, 0.3) is 5.91 Å². The number of anilines is 1. The van der Waals surface area contributed by atoms with Crippen molar-refractivity contribution in [3.05, 3.63) is 155 Å². The van der Waals surface area contributed by atoms with Crippen molar-refractivity contribution in [2.24, 2.45) is 11.8 Å². The second-order valence-electron chi connectivity index (χ2n) is 18.2. The first-order chi connectivity index (χ1) is 32.6.